The lowest BCUT2D eigenvalue weighted by Crippen LogP contribution is -2.42. The third kappa shape index (κ3) is 2.65. The summed E-state index contributed by atoms with van der Waals surface area (Å²) in [6, 6.07) is 0. The van der Waals surface area contributed by atoms with E-state index in [1.807, 2.05) is 36.7 Å². The van der Waals surface area contributed by atoms with Gasteiger partial charge in [0.15, 0.2) is 5.82 Å². The van der Waals surface area contributed by atoms with Gasteiger partial charge >= 0.3 is 0 Å². The van der Waals surface area contributed by atoms with Gasteiger partial charge in [0.05, 0.1) is 18.2 Å². The minimum absolute atomic E-state index is 0.0400. The molecule has 3 N–H and O–H groups in total. The summed E-state index contributed by atoms with van der Waals surface area (Å²) in [6.07, 6.45) is 16.3. The smallest absolute Gasteiger partial charge is 0.162 e. The van der Waals surface area contributed by atoms with Crippen molar-refractivity contribution in [2.75, 3.05) is 12.3 Å². The number of hydrogen-bond donors (Lipinski definition) is 2. The van der Waals surface area contributed by atoms with E-state index in [1.54, 1.807) is 0 Å². The van der Waals surface area contributed by atoms with Gasteiger partial charge < -0.3 is 15.2 Å². The van der Waals surface area contributed by atoms with Gasteiger partial charge in [-0.05, 0) is 12.0 Å². The average molecular weight is 349 g/mol. The number of H-pyrrole nitrogens is 1. The Bertz CT molecular complexity index is 996. The molecule has 0 saturated carbocycles. The minimum Gasteiger partial charge on any atom is -0.383 e. The maximum absolute atomic E-state index is 6.25. The van der Waals surface area contributed by atoms with E-state index in [0.29, 0.717) is 18.2 Å². The maximum atomic E-state index is 6.25. The molecule has 3 aliphatic rings. The Morgan fingerprint density at radius 2 is 2.04 bits per heavy atom. The molecule has 1 saturated heterocycles. The van der Waals surface area contributed by atoms with Crippen molar-refractivity contribution in [2.45, 2.75) is 30.7 Å². The zero-order valence-electron chi connectivity index (χ0n) is 14.1. The van der Waals surface area contributed by atoms with Crippen molar-refractivity contribution < 1.29 is 9.47 Å². The van der Waals surface area contributed by atoms with Crippen LogP contribution >= 0.6 is 0 Å². The first kappa shape index (κ1) is 15.5. The number of fused-ring (bicyclic) bond motifs is 2. The molecule has 0 bridgehead atoms. The SMILES string of the molecule is Nc1nc(C2COC3C=CC=CC3O2)nc2c1=CC(c1cn[nH]c1)CC=2. The Labute approximate surface area is 149 Å². The molecule has 0 radical (unpaired) electrons. The minimum atomic E-state index is -0.319. The molecule has 2 aromatic rings. The Morgan fingerprint density at radius 3 is 2.88 bits per heavy atom. The number of rotatable bonds is 2. The van der Waals surface area contributed by atoms with Crippen LogP contribution in [0.5, 0.6) is 0 Å². The second kappa shape index (κ2) is 6.19. The van der Waals surface area contributed by atoms with Crippen LogP contribution in [0.2, 0.25) is 0 Å². The molecule has 0 spiro atoms. The van der Waals surface area contributed by atoms with Crippen molar-refractivity contribution in [1.29, 1.82) is 0 Å². The average Bonchev–Trinajstić information content (AvgIpc) is 3.22. The van der Waals surface area contributed by atoms with Crippen molar-refractivity contribution in [2.24, 2.45) is 0 Å². The van der Waals surface area contributed by atoms with Crippen LogP contribution in [-0.4, -0.2) is 39.0 Å². The second-order valence-electron chi connectivity index (χ2n) is 6.67. The molecule has 7 heteroatoms. The molecule has 1 fully saturated rings. The fraction of sp³-hybridized carbons (Fsp3) is 0.316. The molecule has 132 valence electrons. The van der Waals surface area contributed by atoms with E-state index < -0.39 is 0 Å². The normalized spacial score (nSPS) is 29.4. The van der Waals surface area contributed by atoms with Gasteiger partial charge in [0.25, 0.3) is 0 Å². The fourth-order valence-electron chi connectivity index (χ4n) is 3.60. The van der Waals surface area contributed by atoms with E-state index in [2.05, 4.69) is 27.3 Å². The summed E-state index contributed by atoms with van der Waals surface area (Å²) in [5, 5.41) is 8.61. The van der Waals surface area contributed by atoms with Gasteiger partial charge in [0.2, 0.25) is 0 Å². The van der Waals surface area contributed by atoms with Crippen LogP contribution in [0.15, 0.2) is 36.7 Å². The Kier molecular flexibility index (Phi) is 3.69. The molecule has 26 heavy (non-hydrogen) atoms. The number of allylic oxidation sites excluding steroid dienone is 2. The Morgan fingerprint density at radius 1 is 1.15 bits per heavy atom. The van der Waals surface area contributed by atoms with Crippen LogP contribution in [0.25, 0.3) is 12.2 Å². The zero-order chi connectivity index (χ0) is 17.5. The summed E-state index contributed by atoms with van der Waals surface area (Å²) >= 11 is 0. The molecule has 4 atom stereocenters. The topological polar surface area (TPSA) is 98.9 Å². The molecule has 1 aliphatic heterocycles. The summed E-state index contributed by atoms with van der Waals surface area (Å²) in [7, 11) is 0. The van der Waals surface area contributed by atoms with Crippen LogP contribution in [0.1, 0.15) is 29.8 Å². The number of aromatic amines is 1. The largest absolute Gasteiger partial charge is 0.383 e. The molecule has 2 aromatic heterocycles. The molecule has 0 aromatic carbocycles. The van der Waals surface area contributed by atoms with Crippen molar-refractivity contribution >= 4 is 18.0 Å². The number of hydrogen-bond acceptors (Lipinski definition) is 6. The van der Waals surface area contributed by atoms with Gasteiger partial charge in [-0.15, -0.1) is 0 Å². The second-order valence-corrected chi connectivity index (χ2v) is 6.67. The summed E-state index contributed by atoms with van der Waals surface area (Å²) in [6.45, 7) is 0.416. The number of nitrogens with two attached hydrogens (primary N) is 1. The van der Waals surface area contributed by atoms with Gasteiger partial charge in [-0.25, -0.2) is 9.97 Å². The van der Waals surface area contributed by atoms with Crippen LogP contribution in [0.4, 0.5) is 5.82 Å². The molecule has 3 heterocycles. The number of aromatic nitrogens is 4. The van der Waals surface area contributed by atoms with Gasteiger partial charge in [0.1, 0.15) is 24.1 Å². The van der Waals surface area contributed by atoms with Crippen molar-refractivity contribution in [1.82, 2.24) is 20.2 Å². The zero-order valence-corrected chi connectivity index (χ0v) is 14.1. The number of ether oxygens (including phenoxy) is 2. The quantitative estimate of drug-likeness (QED) is 0.818. The summed E-state index contributed by atoms with van der Waals surface area (Å²) in [4.78, 5) is 9.21. The third-order valence-electron chi connectivity index (χ3n) is 4.99. The third-order valence-corrected chi connectivity index (χ3v) is 4.99. The molecular weight excluding hydrogens is 330 g/mol. The monoisotopic (exact) mass is 349 g/mol. The molecule has 7 nitrogen and oxygen atoms in total. The summed E-state index contributed by atoms with van der Waals surface area (Å²) < 4.78 is 12.0. The van der Waals surface area contributed by atoms with Gasteiger partial charge in [-0.3, -0.25) is 5.10 Å². The highest BCUT2D eigenvalue weighted by molar-refractivity contribution is 5.51. The lowest BCUT2D eigenvalue weighted by molar-refractivity contribution is -0.153. The van der Waals surface area contributed by atoms with Crippen molar-refractivity contribution in [3.8, 4) is 0 Å². The van der Waals surface area contributed by atoms with E-state index in [9.17, 15) is 0 Å². The highest BCUT2D eigenvalue weighted by atomic mass is 16.6. The fourth-order valence-corrected chi connectivity index (χ4v) is 3.60. The lowest BCUT2D eigenvalue weighted by Gasteiger charge is -2.34. The van der Waals surface area contributed by atoms with Crippen LogP contribution in [0.3, 0.4) is 0 Å². The van der Waals surface area contributed by atoms with E-state index >= 15 is 0 Å². The van der Waals surface area contributed by atoms with Gasteiger partial charge in [-0.1, -0.05) is 36.5 Å². The molecule has 0 amide bonds. The standard InChI is InChI=1S/C19H19N5O2/c20-18-13-7-11(12-8-21-22-9-12)5-6-14(13)23-19(24-18)17-10-25-15-3-1-2-4-16(15)26-17/h1-4,6-9,11,15-17H,5,10H2,(H,21,22)(H2,20,23,24). The first-order valence-corrected chi connectivity index (χ1v) is 8.74. The number of anilines is 1. The van der Waals surface area contributed by atoms with Crippen LogP contribution in [-0.2, 0) is 9.47 Å². The summed E-state index contributed by atoms with van der Waals surface area (Å²) in [5.74, 6) is 1.28. The molecule has 2 aliphatic carbocycles. The first-order valence-electron chi connectivity index (χ1n) is 8.74. The Hall–Kier alpha value is -2.77. The van der Waals surface area contributed by atoms with Crippen molar-refractivity contribution in [3.05, 3.63) is 58.7 Å². The molecule has 5 rings (SSSR count). The number of nitrogens with one attached hydrogen (secondary N) is 1. The first-order chi connectivity index (χ1) is 12.8. The van der Waals surface area contributed by atoms with E-state index in [1.165, 1.54) is 0 Å². The van der Waals surface area contributed by atoms with E-state index in [-0.39, 0.29) is 24.2 Å². The van der Waals surface area contributed by atoms with E-state index in [4.69, 9.17) is 20.2 Å². The molecule has 4 unspecified atom stereocenters. The number of nitrogen functional groups attached to an aromatic ring is 1. The summed E-state index contributed by atoms with van der Waals surface area (Å²) in [5.41, 5.74) is 7.38. The van der Waals surface area contributed by atoms with Crippen molar-refractivity contribution in [3.63, 3.8) is 0 Å². The van der Waals surface area contributed by atoms with E-state index in [0.717, 1.165) is 22.6 Å². The maximum Gasteiger partial charge on any atom is 0.162 e. The number of nitrogens with zero attached hydrogens (tertiary/aromatic N) is 3. The molecular formula is C19H19N5O2. The Balaban J connectivity index is 1.46. The highest BCUT2D eigenvalue weighted by Gasteiger charge is 2.32. The predicted molar refractivity (Wildman–Crippen MR) is 96.2 cm³/mol. The lowest BCUT2D eigenvalue weighted by atomic mass is 9.94. The van der Waals surface area contributed by atoms with Gasteiger partial charge in [-0.2, -0.15) is 5.10 Å². The van der Waals surface area contributed by atoms with Crippen LogP contribution < -0.4 is 16.3 Å². The van der Waals surface area contributed by atoms with Crippen LogP contribution in [0, 0.1) is 0 Å². The highest BCUT2D eigenvalue weighted by Crippen LogP contribution is 2.27. The van der Waals surface area contributed by atoms with Gasteiger partial charge in [0, 0.05) is 17.3 Å². The predicted octanol–water partition coefficient (Wildman–Crippen LogP) is 0.482.